The molecule has 4 rings (SSSR count). The highest BCUT2D eigenvalue weighted by Gasteiger charge is 2.71. The van der Waals surface area contributed by atoms with Crippen LogP contribution in [0.4, 0.5) is 10.2 Å². The van der Waals surface area contributed by atoms with Crippen LogP contribution in [0.3, 0.4) is 0 Å². The third-order valence-electron chi connectivity index (χ3n) is 6.94. The van der Waals surface area contributed by atoms with Gasteiger partial charge < -0.3 is 34.2 Å². The molecule has 0 amide bonds. The summed E-state index contributed by atoms with van der Waals surface area (Å²) in [5, 5.41) is 19.5. The van der Waals surface area contributed by atoms with Crippen LogP contribution in [0.5, 0.6) is 0 Å². The van der Waals surface area contributed by atoms with Gasteiger partial charge in [-0.05, 0) is 38.8 Å². The zero-order valence-electron chi connectivity index (χ0n) is 25.4. The van der Waals surface area contributed by atoms with Crippen molar-refractivity contribution in [2.75, 3.05) is 32.7 Å². The molecular formula is C26H37FN7O10P. The van der Waals surface area contributed by atoms with E-state index in [1.165, 1.54) is 37.6 Å². The van der Waals surface area contributed by atoms with Gasteiger partial charge in [0.15, 0.2) is 11.9 Å². The number of methoxy groups -OCH3 is 1. The SMILES string of the molecule is CCCOC(=O)[C@H](C)NP(=O)(N[C@@H](C)C(=O)OCCC)OC[C@@]1(F)O[C@@](C#N)(c2ccc3c(N)ncnn23)[C@@H]2OC(OC)O[C@@H]21. The van der Waals surface area contributed by atoms with E-state index in [0.29, 0.717) is 18.4 Å². The first-order valence-corrected chi connectivity index (χ1v) is 15.9. The van der Waals surface area contributed by atoms with E-state index >= 15 is 4.39 Å². The maximum Gasteiger partial charge on any atom is 0.342 e. The van der Waals surface area contributed by atoms with Crippen LogP contribution in [0, 0.1) is 11.3 Å². The predicted molar refractivity (Wildman–Crippen MR) is 151 cm³/mol. The van der Waals surface area contributed by atoms with E-state index in [4.69, 9.17) is 38.7 Å². The highest BCUT2D eigenvalue weighted by molar-refractivity contribution is 7.54. The highest BCUT2D eigenvalue weighted by atomic mass is 31.2. The third-order valence-corrected chi connectivity index (χ3v) is 8.89. The maximum absolute atomic E-state index is 17.0. The molecule has 2 aliphatic heterocycles. The summed E-state index contributed by atoms with van der Waals surface area (Å²) in [4.78, 5) is 28.9. The molecule has 0 spiro atoms. The fraction of sp³-hybridized carbons (Fsp3) is 0.654. The predicted octanol–water partition coefficient (Wildman–Crippen LogP) is 1.43. The molecule has 0 aliphatic carbocycles. The van der Waals surface area contributed by atoms with Crippen LogP contribution in [0.2, 0.25) is 0 Å². The smallest absolute Gasteiger partial charge is 0.342 e. The van der Waals surface area contributed by atoms with Gasteiger partial charge in [0.2, 0.25) is 5.60 Å². The molecule has 0 radical (unpaired) electrons. The van der Waals surface area contributed by atoms with Crippen molar-refractivity contribution < 1.29 is 51.5 Å². The number of halogens is 1. The minimum Gasteiger partial charge on any atom is -0.465 e. The lowest BCUT2D eigenvalue weighted by molar-refractivity contribution is -0.296. The number of esters is 2. The van der Waals surface area contributed by atoms with E-state index in [2.05, 4.69) is 20.3 Å². The number of nitrogens with one attached hydrogen (secondary N) is 2. The normalized spacial score (nSPS) is 27.5. The second-order valence-electron chi connectivity index (χ2n) is 10.4. The van der Waals surface area contributed by atoms with Gasteiger partial charge in [-0.2, -0.15) is 10.4 Å². The molecule has 19 heteroatoms. The van der Waals surface area contributed by atoms with Crippen LogP contribution in [0.15, 0.2) is 18.5 Å². The standard InChI is InChI=1S/C26H37FN7O10P/c1-6-10-39-22(35)15(3)32-45(37,33-16(4)23(36)40-11-7-2)41-13-26(27)20-19(42-24(38-5)43-20)25(12-28,44-26)18-9-8-17-21(29)30-14-31-34(17)18/h8-9,14-16,19-20,24H,6-7,10-11,13H2,1-5H3,(H2,29,30,31)(H2,32,33,37)/t15-,16-,19+,20-,24?,25-,26+/m0/s1. The first-order chi connectivity index (χ1) is 21.4. The summed E-state index contributed by atoms with van der Waals surface area (Å²) >= 11 is 0. The Balaban J connectivity index is 1.66. The van der Waals surface area contributed by atoms with Crippen LogP contribution in [0.25, 0.3) is 5.52 Å². The first-order valence-electron chi connectivity index (χ1n) is 14.2. The van der Waals surface area contributed by atoms with Crippen molar-refractivity contribution in [1.82, 2.24) is 24.8 Å². The Bertz CT molecular complexity index is 1440. The lowest BCUT2D eigenvalue weighted by Crippen LogP contribution is -2.46. The number of nitrogens with two attached hydrogens (primary N) is 1. The Morgan fingerprint density at radius 3 is 2.31 bits per heavy atom. The quantitative estimate of drug-likeness (QED) is 0.182. The second-order valence-corrected chi connectivity index (χ2v) is 12.3. The maximum atomic E-state index is 17.0. The Labute approximate surface area is 258 Å². The van der Waals surface area contributed by atoms with Gasteiger partial charge >= 0.3 is 19.6 Å². The number of ether oxygens (including phenoxy) is 6. The number of nitrogens with zero attached hydrogens (tertiary/aromatic N) is 4. The molecule has 4 heterocycles. The van der Waals surface area contributed by atoms with Crippen molar-refractivity contribution in [2.45, 2.75) is 82.8 Å². The third kappa shape index (κ3) is 6.95. The minimum atomic E-state index is -4.49. The van der Waals surface area contributed by atoms with Gasteiger partial charge in [0, 0.05) is 7.11 Å². The number of carbonyl (C=O) groups is 2. The van der Waals surface area contributed by atoms with Gasteiger partial charge in [0.05, 0.1) is 18.9 Å². The van der Waals surface area contributed by atoms with Crippen molar-refractivity contribution in [3.8, 4) is 6.07 Å². The molecule has 2 aromatic heterocycles. The summed E-state index contributed by atoms with van der Waals surface area (Å²) in [5.41, 5.74) is 4.08. The average Bonchev–Trinajstić information content (AvgIpc) is 3.72. The number of nitrogen functional groups attached to an aromatic ring is 1. The fourth-order valence-corrected chi connectivity index (χ4v) is 6.61. The average molecular weight is 658 g/mol. The second kappa shape index (κ2) is 14.0. The zero-order chi connectivity index (χ0) is 33.0. The van der Waals surface area contributed by atoms with Gasteiger partial charge in [-0.15, -0.1) is 0 Å². The summed E-state index contributed by atoms with van der Waals surface area (Å²) in [6.45, 7) is 3.97. The monoisotopic (exact) mass is 657 g/mol. The van der Waals surface area contributed by atoms with Gasteiger partial charge in [-0.1, -0.05) is 13.8 Å². The van der Waals surface area contributed by atoms with Gasteiger partial charge in [0.25, 0.3) is 12.3 Å². The Morgan fingerprint density at radius 1 is 1.16 bits per heavy atom. The Morgan fingerprint density at radius 2 is 1.76 bits per heavy atom. The molecule has 2 aliphatic rings. The summed E-state index contributed by atoms with van der Waals surface area (Å²) < 4.78 is 70.4. The van der Waals surface area contributed by atoms with E-state index in [1.54, 1.807) is 13.8 Å². The lowest BCUT2D eigenvalue weighted by Gasteiger charge is -2.31. The molecule has 17 nitrogen and oxygen atoms in total. The zero-order valence-corrected chi connectivity index (χ0v) is 26.3. The minimum absolute atomic E-state index is 0.0306. The number of aromatic nitrogens is 3. The molecule has 7 atom stereocenters. The summed E-state index contributed by atoms with van der Waals surface area (Å²) in [5.74, 6) is -4.46. The Hall–Kier alpha value is -3.27. The molecule has 0 bridgehead atoms. The fourth-order valence-electron chi connectivity index (χ4n) is 4.79. The molecular weight excluding hydrogens is 620 g/mol. The van der Waals surface area contributed by atoms with Crippen molar-refractivity contribution in [3.05, 3.63) is 24.2 Å². The number of fused-ring (bicyclic) bond motifs is 2. The Kier molecular flexibility index (Phi) is 10.8. The van der Waals surface area contributed by atoms with E-state index in [-0.39, 0.29) is 24.7 Å². The topological polar surface area (TPSA) is 220 Å². The van der Waals surface area contributed by atoms with Crippen molar-refractivity contribution in [2.24, 2.45) is 0 Å². The molecule has 248 valence electrons. The molecule has 0 aromatic carbocycles. The van der Waals surface area contributed by atoms with Crippen LogP contribution in [-0.2, 0) is 52.7 Å². The number of carbonyl (C=O) groups excluding carboxylic acids is 2. The molecule has 4 N–H and O–H groups in total. The summed E-state index contributed by atoms with van der Waals surface area (Å²) in [6.07, 6.45) is -0.876. The number of hydrogen-bond acceptors (Lipinski definition) is 14. The number of anilines is 1. The number of alkyl halides is 1. The van der Waals surface area contributed by atoms with Gasteiger partial charge in [-0.25, -0.2) is 24.1 Å². The number of nitriles is 1. The largest absolute Gasteiger partial charge is 0.465 e. The lowest BCUT2D eigenvalue weighted by atomic mass is 9.92. The summed E-state index contributed by atoms with van der Waals surface area (Å²) in [6, 6.07) is 2.48. The molecule has 1 unspecified atom stereocenters. The van der Waals surface area contributed by atoms with E-state index < -0.39 is 68.4 Å². The van der Waals surface area contributed by atoms with Crippen LogP contribution in [-0.4, -0.2) is 90.1 Å². The van der Waals surface area contributed by atoms with E-state index in [9.17, 15) is 19.4 Å². The van der Waals surface area contributed by atoms with Crippen LogP contribution < -0.4 is 15.9 Å². The molecule has 2 saturated heterocycles. The number of rotatable bonds is 15. The highest BCUT2D eigenvalue weighted by Crippen LogP contribution is 2.53. The summed E-state index contributed by atoms with van der Waals surface area (Å²) in [7, 11) is -3.24. The van der Waals surface area contributed by atoms with Crippen molar-refractivity contribution >= 4 is 30.9 Å². The molecule has 45 heavy (non-hydrogen) atoms. The van der Waals surface area contributed by atoms with E-state index in [1.807, 2.05) is 6.07 Å². The molecule has 0 saturated carbocycles. The number of hydrogen-bond donors (Lipinski definition) is 3. The van der Waals surface area contributed by atoms with Crippen LogP contribution in [0.1, 0.15) is 46.2 Å². The van der Waals surface area contributed by atoms with Crippen molar-refractivity contribution in [3.63, 3.8) is 0 Å². The van der Waals surface area contributed by atoms with Crippen LogP contribution >= 0.6 is 7.67 Å². The van der Waals surface area contributed by atoms with E-state index in [0.717, 1.165) is 6.33 Å². The molecule has 2 aromatic rings. The first kappa shape index (κ1) is 34.6. The van der Waals surface area contributed by atoms with Gasteiger partial charge in [-0.3, -0.25) is 18.7 Å². The molecule has 2 fully saturated rings. The van der Waals surface area contributed by atoms with Gasteiger partial charge in [0.1, 0.15) is 42.7 Å². The van der Waals surface area contributed by atoms with Crippen molar-refractivity contribution in [1.29, 1.82) is 5.26 Å².